The molecule has 0 saturated heterocycles. The summed E-state index contributed by atoms with van der Waals surface area (Å²) in [5, 5.41) is 0.256. The van der Waals surface area contributed by atoms with Gasteiger partial charge in [-0.3, -0.25) is 0 Å². The summed E-state index contributed by atoms with van der Waals surface area (Å²) in [5.41, 5.74) is 0. The van der Waals surface area contributed by atoms with Crippen LogP contribution < -0.4 is 0 Å². The summed E-state index contributed by atoms with van der Waals surface area (Å²) < 4.78 is 0. The van der Waals surface area contributed by atoms with Crippen molar-refractivity contribution in [3.8, 4) is 0 Å². The van der Waals surface area contributed by atoms with E-state index in [4.69, 9.17) is 14.7 Å². The normalized spacial score (nSPS) is 13.6. The van der Waals surface area contributed by atoms with Gasteiger partial charge in [-0.15, -0.1) is 10.1 Å². The predicted molar refractivity (Wildman–Crippen MR) is 51.2 cm³/mol. The van der Waals surface area contributed by atoms with Crippen LogP contribution in [0.2, 0.25) is 0 Å². The summed E-state index contributed by atoms with van der Waals surface area (Å²) >= 11 is 0. The molecule has 0 saturated carbocycles. The van der Waals surface area contributed by atoms with Crippen molar-refractivity contribution in [2.75, 3.05) is 0 Å². The van der Waals surface area contributed by atoms with E-state index < -0.39 is 16.8 Å². The summed E-state index contributed by atoms with van der Waals surface area (Å²) in [7, 11) is -0.667. The minimum absolute atomic E-state index is 0.128. The fourth-order valence-electron chi connectivity index (χ4n) is 1.11. The van der Waals surface area contributed by atoms with Gasteiger partial charge in [-0.1, -0.05) is 27.7 Å². The Kier molecular flexibility index (Phi) is 4.30. The van der Waals surface area contributed by atoms with Crippen LogP contribution in [0.25, 0.3) is 0 Å². The van der Waals surface area contributed by atoms with E-state index in [0.717, 1.165) is 0 Å². The Hall–Kier alpha value is 0.660. The van der Waals surface area contributed by atoms with Crippen molar-refractivity contribution in [3.63, 3.8) is 0 Å². The van der Waals surface area contributed by atoms with Crippen molar-refractivity contribution in [2.45, 2.75) is 38.2 Å². The molecule has 3 N–H and O–H groups in total. The first-order valence-corrected chi connectivity index (χ1v) is 7.17. The molecule has 0 amide bonds. The molecule has 0 heterocycles. The third-order valence-electron chi connectivity index (χ3n) is 1.25. The lowest BCUT2D eigenvalue weighted by Crippen LogP contribution is -2.17. The van der Waals surface area contributed by atoms with Crippen molar-refractivity contribution < 1.29 is 14.7 Å². The van der Waals surface area contributed by atoms with E-state index in [0.29, 0.717) is 0 Å². The van der Waals surface area contributed by atoms with Gasteiger partial charge < -0.3 is 14.7 Å². The molecule has 0 aromatic carbocycles. The first-order chi connectivity index (χ1) is 4.76. The molecule has 0 unspecified atom stereocenters. The molecule has 0 aromatic rings. The van der Waals surface area contributed by atoms with Gasteiger partial charge in [-0.05, 0) is 0 Å². The smallest absolute Gasteiger partial charge is 0.277 e. The van der Waals surface area contributed by atoms with Crippen LogP contribution >= 0.6 is 6.72 Å². The van der Waals surface area contributed by atoms with Crippen LogP contribution in [-0.2, 0) is 10.1 Å². The Balaban J connectivity index is 4.91. The van der Waals surface area contributed by atoms with Gasteiger partial charge in [0, 0.05) is 10.5 Å². The number of hydrogen-bond donors (Lipinski definition) is 3. The van der Waals surface area contributed by atoms with Gasteiger partial charge in [0.25, 0.3) is 6.72 Å². The fourth-order valence-corrected chi connectivity index (χ4v) is 6.72. The maximum atomic E-state index is 9.05. The lowest BCUT2D eigenvalue weighted by Gasteiger charge is -2.21. The molecule has 0 rings (SSSR count). The lowest BCUT2D eigenvalue weighted by molar-refractivity contribution is 0.362. The Morgan fingerprint density at radius 1 is 0.909 bits per heavy atom. The summed E-state index contributed by atoms with van der Waals surface area (Å²) in [4.78, 5) is 27.2. The monoisotopic (exact) mass is 200 g/mol. The van der Waals surface area contributed by atoms with Crippen LogP contribution in [0, 0.1) is 0 Å². The Bertz CT molecular complexity index is 164. The van der Waals surface area contributed by atoms with Crippen molar-refractivity contribution in [1.29, 1.82) is 0 Å². The molecular formula is C6H17O3PS. The zero-order valence-electron chi connectivity index (χ0n) is 7.35. The molecule has 0 aromatic heterocycles. The summed E-state index contributed by atoms with van der Waals surface area (Å²) in [6.45, 7) is 3.95. The van der Waals surface area contributed by atoms with Gasteiger partial charge in [-0.25, -0.2) is 0 Å². The predicted octanol–water partition coefficient (Wildman–Crippen LogP) is 1.08. The molecule has 70 valence electrons. The Morgan fingerprint density at radius 3 is 1.18 bits per heavy atom. The molecule has 0 radical (unpaired) electrons. The van der Waals surface area contributed by atoms with Crippen LogP contribution in [0.3, 0.4) is 0 Å². The van der Waals surface area contributed by atoms with Crippen LogP contribution in [0.5, 0.6) is 0 Å². The third-order valence-corrected chi connectivity index (χ3v) is 7.97. The first kappa shape index (κ1) is 11.7. The van der Waals surface area contributed by atoms with Gasteiger partial charge in [0.1, 0.15) is 0 Å². The first-order valence-electron chi connectivity index (χ1n) is 3.56. The van der Waals surface area contributed by atoms with Crippen LogP contribution in [0.4, 0.5) is 0 Å². The molecular weight excluding hydrogens is 183 g/mol. The summed E-state index contributed by atoms with van der Waals surface area (Å²) in [6, 6.07) is 0. The van der Waals surface area contributed by atoms with Crippen LogP contribution in [0.15, 0.2) is 0 Å². The van der Waals surface area contributed by atoms with E-state index in [1.807, 2.05) is 27.7 Å². The molecule has 0 aliphatic carbocycles. The van der Waals surface area contributed by atoms with Gasteiger partial charge in [0.2, 0.25) is 0 Å². The molecule has 3 nitrogen and oxygen atoms in total. The van der Waals surface area contributed by atoms with Gasteiger partial charge >= 0.3 is 0 Å². The maximum Gasteiger partial charge on any atom is 0.277 e. The highest BCUT2D eigenvalue weighted by molar-refractivity contribution is 8.28. The number of rotatable bonds is 2. The summed E-state index contributed by atoms with van der Waals surface area (Å²) in [6.07, 6.45) is 0. The highest BCUT2D eigenvalue weighted by Gasteiger charge is 2.18. The largest absolute Gasteiger partial charge is 0.329 e. The molecule has 0 spiro atoms. The fraction of sp³-hybridized carbons (Fsp3) is 1.00. The molecule has 0 bridgehead atoms. The quantitative estimate of drug-likeness (QED) is 0.584. The van der Waals surface area contributed by atoms with Gasteiger partial charge in [-0.2, -0.15) is 0 Å². The minimum atomic E-state index is -3.61. The zero-order valence-corrected chi connectivity index (χ0v) is 9.06. The Morgan fingerprint density at radius 2 is 1.18 bits per heavy atom. The molecule has 11 heavy (non-hydrogen) atoms. The average Bonchev–Trinajstić information content (AvgIpc) is 1.54. The van der Waals surface area contributed by atoms with E-state index >= 15 is 0 Å². The number of hydrogen-bond acceptors (Lipinski definition) is 0. The van der Waals surface area contributed by atoms with E-state index in [1.54, 1.807) is 0 Å². The Labute approximate surface area is 70.3 Å². The van der Waals surface area contributed by atoms with E-state index in [9.17, 15) is 0 Å². The second kappa shape index (κ2) is 4.06. The van der Waals surface area contributed by atoms with Gasteiger partial charge in [0.15, 0.2) is 0 Å². The molecule has 0 aliphatic heterocycles. The second-order valence-electron chi connectivity index (χ2n) is 2.96. The minimum Gasteiger partial charge on any atom is -0.329 e. The zero-order chi connectivity index (χ0) is 9.23. The van der Waals surface area contributed by atoms with Crippen molar-refractivity contribution in [1.82, 2.24) is 0 Å². The average molecular weight is 200 g/mol. The van der Waals surface area contributed by atoms with Crippen molar-refractivity contribution >= 4 is 16.8 Å². The van der Waals surface area contributed by atoms with Crippen LogP contribution in [0.1, 0.15) is 27.7 Å². The standard InChI is InChI=1S/C6H17O3PS/c1-5(2)11(6(3)4)10(7,8)9/h5-9H,1-4H3. The maximum absolute atomic E-state index is 9.05. The third kappa shape index (κ3) is 3.72. The SMILES string of the molecule is CC(C)S(C(C)C)=P(O)(O)O. The van der Waals surface area contributed by atoms with Crippen molar-refractivity contribution in [2.24, 2.45) is 0 Å². The van der Waals surface area contributed by atoms with Crippen molar-refractivity contribution in [3.05, 3.63) is 0 Å². The highest BCUT2D eigenvalue weighted by Crippen LogP contribution is 2.39. The van der Waals surface area contributed by atoms with E-state index in [1.165, 1.54) is 0 Å². The topological polar surface area (TPSA) is 60.7 Å². The van der Waals surface area contributed by atoms with E-state index in [2.05, 4.69) is 0 Å². The van der Waals surface area contributed by atoms with Crippen LogP contribution in [-0.4, -0.2) is 25.2 Å². The molecule has 5 heteroatoms. The molecule has 0 atom stereocenters. The molecule has 0 aliphatic rings. The second-order valence-corrected chi connectivity index (χ2v) is 9.30. The van der Waals surface area contributed by atoms with Gasteiger partial charge in [0.05, 0.1) is 0 Å². The van der Waals surface area contributed by atoms with E-state index in [-0.39, 0.29) is 10.5 Å². The summed E-state index contributed by atoms with van der Waals surface area (Å²) in [5.74, 6) is 0. The lowest BCUT2D eigenvalue weighted by atomic mass is 10.6. The molecule has 0 fully saturated rings. The highest BCUT2D eigenvalue weighted by atomic mass is 32.5.